The van der Waals surface area contributed by atoms with Gasteiger partial charge in [-0.25, -0.2) is 0 Å². The van der Waals surface area contributed by atoms with Crippen LogP contribution in [0.1, 0.15) is 58.2 Å². The molecule has 1 aliphatic heterocycles. The third kappa shape index (κ3) is 3.49. The number of aromatic hydroxyl groups is 1. The van der Waals surface area contributed by atoms with E-state index in [1.807, 2.05) is 18.2 Å². The summed E-state index contributed by atoms with van der Waals surface area (Å²) in [5.41, 5.74) is 2.46. The van der Waals surface area contributed by atoms with Crippen molar-refractivity contribution < 1.29 is 9.90 Å². The number of hydrogen-bond donors (Lipinski definition) is 2. The summed E-state index contributed by atoms with van der Waals surface area (Å²) in [6, 6.07) is 3.98. The minimum Gasteiger partial charge on any atom is -0.507 e. The summed E-state index contributed by atoms with van der Waals surface area (Å²) in [5.74, 6) is 0.972. The zero-order chi connectivity index (χ0) is 16.7. The molecule has 1 aromatic carbocycles. The molecule has 0 bridgehead atoms. The van der Waals surface area contributed by atoms with Crippen LogP contribution >= 0.6 is 11.8 Å². The Balaban J connectivity index is 2.63. The topological polar surface area (TPSA) is 49.3 Å². The number of thioether (sulfide) groups is 1. The van der Waals surface area contributed by atoms with E-state index < -0.39 is 0 Å². The highest BCUT2D eigenvalue weighted by molar-refractivity contribution is 8.04. The first-order chi connectivity index (χ1) is 10.00. The maximum absolute atomic E-state index is 11.8. The molecule has 1 fully saturated rings. The molecular weight excluding hydrogens is 294 g/mol. The maximum atomic E-state index is 11.8. The summed E-state index contributed by atoms with van der Waals surface area (Å²) in [5, 5.41) is 13.5. The average molecular weight is 319 g/mol. The number of phenols is 1. The van der Waals surface area contributed by atoms with Crippen LogP contribution in [0.4, 0.5) is 0 Å². The maximum Gasteiger partial charge on any atom is 0.258 e. The van der Waals surface area contributed by atoms with Crippen LogP contribution in [-0.2, 0) is 15.6 Å². The third-order valence-corrected chi connectivity index (χ3v) is 4.63. The van der Waals surface area contributed by atoms with Gasteiger partial charge in [0.25, 0.3) is 5.91 Å². The molecule has 0 unspecified atom stereocenters. The number of phenolic OH excluding ortho intramolecular Hbond substituents is 1. The lowest BCUT2D eigenvalue weighted by Gasteiger charge is -2.28. The van der Waals surface area contributed by atoms with Crippen LogP contribution in [-0.4, -0.2) is 16.9 Å². The van der Waals surface area contributed by atoms with E-state index in [-0.39, 0.29) is 16.7 Å². The van der Waals surface area contributed by atoms with Crippen LogP contribution in [0, 0.1) is 0 Å². The smallest absolute Gasteiger partial charge is 0.258 e. The first-order valence-electron chi connectivity index (χ1n) is 7.51. The van der Waals surface area contributed by atoms with Crippen molar-refractivity contribution in [2.45, 2.75) is 52.4 Å². The van der Waals surface area contributed by atoms with Crippen molar-refractivity contribution in [2.75, 3.05) is 5.88 Å². The van der Waals surface area contributed by atoms with E-state index in [4.69, 9.17) is 0 Å². The molecular formula is C18H25NO2S. The van der Waals surface area contributed by atoms with Gasteiger partial charge in [-0.3, -0.25) is 4.79 Å². The van der Waals surface area contributed by atoms with E-state index in [0.717, 1.165) is 21.6 Å². The van der Waals surface area contributed by atoms with E-state index in [9.17, 15) is 9.90 Å². The normalized spacial score (nSPS) is 17.9. The molecule has 1 amide bonds. The molecule has 4 heteroatoms. The van der Waals surface area contributed by atoms with E-state index in [2.05, 4.69) is 46.9 Å². The Labute approximate surface area is 137 Å². The van der Waals surface area contributed by atoms with Crippen LogP contribution < -0.4 is 5.32 Å². The molecule has 0 radical (unpaired) electrons. The summed E-state index contributed by atoms with van der Waals surface area (Å²) in [4.78, 5) is 12.5. The van der Waals surface area contributed by atoms with Gasteiger partial charge in [-0.15, -0.1) is 0 Å². The molecule has 2 rings (SSSR count). The Kier molecular flexibility index (Phi) is 4.35. The van der Waals surface area contributed by atoms with Crippen LogP contribution in [0.3, 0.4) is 0 Å². The highest BCUT2D eigenvalue weighted by Gasteiger charge is 2.26. The second-order valence-electron chi connectivity index (χ2n) is 7.77. The van der Waals surface area contributed by atoms with E-state index in [1.165, 1.54) is 11.8 Å². The largest absolute Gasteiger partial charge is 0.507 e. The van der Waals surface area contributed by atoms with Crippen molar-refractivity contribution >= 4 is 23.7 Å². The van der Waals surface area contributed by atoms with E-state index >= 15 is 0 Å². The quantitative estimate of drug-likeness (QED) is 0.765. The summed E-state index contributed by atoms with van der Waals surface area (Å²) in [6.07, 6.45) is 1.91. The Morgan fingerprint density at radius 2 is 1.59 bits per heavy atom. The van der Waals surface area contributed by atoms with Crippen molar-refractivity contribution in [1.82, 2.24) is 5.32 Å². The fourth-order valence-electron chi connectivity index (χ4n) is 2.47. The summed E-state index contributed by atoms with van der Waals surface area (Å²) < 4.78 is 0. The van der Waals surface area contributed by atoms with Crippen molar-refractivity contribution in [1.29, 1.82) is 0 Å². The van der Waals surface area contributed by atoms with Crippen molar-refractivity contribution in [3.05, 3.63) is 33.7 Å². The zero-order valence-electron chi connectivity index (χ0n) is 14.2. The molecule has 1 heterocycles. The van der Waals surface area contributed by atoms with Gasteiger partial charge in [0.2, 0.25) is 0 Å². The van der Waals surface area contributed by atoms with Gasteiger partial charge in [0, 0.05) is 11.1 Å². The number of hydrogen-bond acceptors (Lipinski definition) is 3. The Morgan fingerprint density at radius 1 is 1.09 bits per heavy atom. The van der Waals surface area contributed by atoms with Crippen molar-refractivity contribution in [2.24, 2.45) is 0 Å². The fraction of sp³-hybridized carbons (Fsp3) is 0.500. The van der Waals surface area contributed by atoms with Crippen LogP contribution in [0.2, 0.25) is 0 Å². The number of nitrogens with one attached hydrogen (secondary N) is 1. The van der Waals surface area contributed by atoms with E-state index in [0.29, 0.717) is 11.6 Å². The van der Waals surface area contributed by atoms with Crippen LogP contribution in [0.25, 0.3) is 6.08 Å². The Morgan fingerprint density at radius 3 is 1.95 bits per heavy atom. The van der Waals surface area contributed by atoms with Gasteiger partial charge in [-0.05, 0) is 34.6 Å². The second kappa shape index (κ2) is 5.65. The molecule has 1 aliphatic rings. The molecule has 1 saturated heterocycles. The molecule has 0 aromatic heterocycles. The molecule has 22 heavy (non-hydrogen) atoms. The monoisotopic (exact) mass is 319 g/mol. The van der Waals surface area contributed by atoms with Gasteiger partial charge in [0.05, 0.1) is 10.8 Å². The molecule has 120 valence electrons. The molecule has 1 aromatic rings. The average Bonchev–Trinajstić information content (AvgIpc) is 2.74. The predicted molar refractivity (Wildman–Crippen MR) is 94.1 cm³/mol. The van der Waals surface area contributed by atoms with Gasteiger partial charge < -0.3 is 10.4 Å². The molecule has 2 N–H and O–H groups in total. The number of benzene rings is 1. The Hall–Kier alpha value is -1.42. The first-order valence-corrected chi connectivity index (χ1v) is 8.49. The summed E-state index contributed by atoms with van der Waals surface area (Å²) in [6.45, 7) is 12.5. The SMILES string of the molecule is CC(C)(C)c1cc(C=C2SCNC2=O)cc(C(C)(C)C)c1O. The lowest BCUT2D eigenvalue weighted by atomic mass is 9.78. The second-order valence-corrected chi connectivity index (χ2v) is 8.78. The molecule has 3 nitrogen and oxygen atoms in total. The minimum atomic E-state index is -0.163. The first kappa shape index (κ1) is 16.9. The van der Waals surface area contributed by atoms with Crippen molar-refractivity contribution in [3.8, 4) is 5.75 Å². The predicted octanol–water partition coefficient (Wildman–Crippen LogP) is 4.15. The highest BCUT2D eigenvalue weighted by atomic mass is 32.2. The van der Waals surface area contributed by atoms with Gasteiger partial charge in [0.15, 0.2) is 0 Å². The number of rotatable bonds is 1. The van der Waals surface area contributed by atoms with Crippen LogP contribution in [0.15, 0.2) is 17.0 Å². The molecule has 0 aliphatic carbocycles. The molecule has 0 spiro atoms. The summed E-state index contributed by atoms with van der Waals surface area (Å²) in [7, 11) is 0. The highest BCUT2D eigenvalue weighted by Crippen LogP contribution is 2.40. The number of amides is 1. The third-order valence-electron chi connectivity index (χ3n) is 3.73. The van der Waals surface area contributed by atoms with Gasteiger partial charge in [-0.1, -0.05) is 53.3 Å². The van der Waals surface area contributed by atoms with Gasteiger partial charge in [0.1, 0.15) is 5.75 Å². The number of carbonyl (C=O) groups excluding carboxylic acids is 1. The number of carbonyl (C=O) groups is 1. The molecule has 0 atom stereocenters. The van der Waals surface area contributed by atoms with Gasteiger partial charge in [-0.2, -0.15) is 0 Å². The standard InChI is InChI=1S/C18H25NO2S/c1-17(2,3)12-7-11(9-14-16(21)19-10-22-14)8-13(15(12)20)18(4,5)6/h7-9,20H,10H2,1-6H3,(H,19,21). The lowest BCUT2D eigenvalue weighted by molar-refractivity contribution is -0.116. The van der Waals surface area contributed by atoms with E-state index in [1.54, 1.807) is 0 Å². The van der Waals surface area contributed by atoms with Crippen LogP contribution in [0.5, 0.6) is 5.75 Å². The summed E-state index contributed by atoms with van der Waals surface area (Å²) >= 11 is 1.51. The van der Waals surface area contributed by atoms with Crippen molar-refractivity contribution in [3.63, 3.8) is 0 Å². The van der Waals surface area contributed by atoms with Gasteiger partial charge >= 0.3 is 0 Å². The Bertz CT molecular complexity index is 598. The fourth-order valence-corrected chi connectivity index (χ4v) is 3.26. The molecule has 0 saturated carbocycles. The minimum absolute atomic E-state index is 0.0207. The zero-order valence-corrected chi connectivity index (χ0v) is 15.0. The lowest BCUT2D eigenvalue weighted by Crippen LogP contribution is -2.17.